The number of aryl methyl sites for hydroxylation is 1. The van der Waals surface area contributed by atoms with Crippen molar-refractivity contribution in [2.45, 2.75) is 19.5 Å². The zero-order valence-electron chi connectivity index (χ0n) is 14.8. The van der Waals surface area contributed by atoms with Crippen LogP contribution in [0.15, 0.2) is 65.3 Å². The Hall–Kier alpha value is -2.67. The summed E-state index contributed by atoms with van der Waals surface area (Å²) >= 11 is 3.06. The molecule has 3 aromatic rings. The Kier molecular flexibility index (Phi) is 5.84. The van der Waals surface area contributed by atoms with Crippen LogP contribution in [0.3, 0.4) is 0 Å². The Morgan fingerprint density at radius 1 is 1.04 bits per heavy atom. The second-order valence-corrected chi connectivity index (χ2v) is 7.25. The molecule has 28 heavy (non-hydrogen) atoms. The summed E-state index contributed by atoms with van der Waals surface area (Å²) in [6, 6.07) is 14.6. The summed E-state index contributed by atoms with van der Waals surface area (Å²) in [5.41, 5.74) is 2.96. The van der Waals surface area contributed by atoms with Gasteiger partial charge >= 0.3 is 6.18 Å². The first kappa shape index (κ1) is 20.1. The molecule has 0 fully saturated rings. The highest BCUT2D eigenvalue weighted by atomic mass is 79.9. The summed E-state index contributed by atoms with van der Waals surface area (Å²) in [4.78, 5) is 16.4. The third kappa shape index (κ3) is 5.19. The normalized spacial score (nSPS) is 11.3. The molecule has 1 N–H and O–H groups in total. The summed E-state index contributed by atoms with van der Waals surface area (Å²) in [6.07, 6.45) is -2.89. The first-order chi connectivity index (χ1) is 13.2. The minimum Gasteiger partial charge on any atom is -0.326 e. The Labute approximate surface area is 168 Å². The van der Waals surface area contributed by atoms with Crippen LogP contribution in [-0.4, -0.2) is 10.9 Å². The zero-order chi connectivity index (χ0) is 20.3. The highest BCUT2D eigenvalue weighted by Gasteiger charge is 2.31. The van der Waals surface area contributed by atoms with Crippen molar-refractivity contribution in [2.75, 3.05) is 5.32 Å². The van der Waals surface area contributed by atoms with Crippen LogP contribution in [0.4, 0.5) is 18.9 Å². The van der Waals surface area contributed by atoms with Gasteiger partial charge in [-0.25, -0.2) is 0 Å². The van der Waals surface area contributed by atoms with Crippen LogP contribution in [0.1, 0.15) is 16.8 Å². The number of amides is 1. The number of halogens is 4. The SMILES string of the molecule is Cc1cc(-c2ccc(NC(=O)Cc3cc(Br)cc(C(F)(F)F)c3)cc2)ccn1. The lowest BCUT2D eigenvalue weighted by Gasteiger charge is -2.11. The van der Waals surface area contributed by atoms with Crippen LogP contribution in [0.25, 0.3) is 11.1 Å². The number of pyridine rings is 1. The number of carbonyl (C=O) groups excluding carboxylic acids is 1. The minimum atomic E-state index is -4.46. The molecule has 0 bridgehead atoms. The van der Waals surface area contributed by atoms with Crippen LogP contribution < -0.4 is 5.32 Å². The molecule has 0 radical (unpaired) electrons. The van der Waals surface area contributed by atoms with E-state index < -0.39 is 17.6 Å². The molecule has 1 amide bonds. The average Bonchev–Trinajstić information content (AvgIpc) is 2.61. The van der Waals surface area contributed by atoms with E-state index in [-0.39, 0.29) is 16.5 Å². The summed E-state index contributed by atoms with van der Waals surface area (Å²) in [5.74, 6) is -0.390. The average molecular weight is 449 g/mol. The molecule has 0 aliphatic carbocycles. The van der Waals surface area contributed by atoms with Gasteiger partial charge in [-0.3, -0.25) is 9.78 Å². The standard InChI is InChI=1S/C21H16BrF3N2O/c1-13-8-16(6-7-26-13)15-2-4-19(5-3-15)27-20(28)11-14-9-17(21(23,24)25)12-18(22)10-14/h2-10,12H,11H2,1H3,(H,27,28). The number of aromatic nitrogens is 1. The number of nitrogens with one attached hydrogen (secondary N) is 1. The molecule has 0 saturated heterocycles. The van der Waals surface area contributed by atoms with Crippen LogP contribution >= 0.6 is 15.9 Å². The number of alkyl halides is 3. The van der Waals surface area contributed by atoms with Crippen molar-refractivity contribution in [2.24, 2.45) is 0 Å². The molecular weight excluding hydrogens is 433 g/mol. The molecule has 7 heteroatoms. The van der Waals surface area contributed by atoms with E-state index in [1.807, 2.05) is 31.2 Å². The van der Waals surface area contributed by atoms with Crippen molar-refractivity contribution in [3.05, 3.63) is 82.1 Å². The van der Waals surface area contributed by atoms with E-state index in [2.05, 4.69) is 26.2 Å². The lowest BCUT2D eigenvalue weighted by molar-refractivity contribution is -0.137. The fourth-order valence-electron chi connectivity index (χ4n) is 2.78. The highest BCUT2D eigenvalue weighted by Crippen LogP contribution is 2.32. The minimum absolute atomic E-state index is 0.159. The summed E-state index contributed by atoms with van der Waals surface area (Å²) in [6.45, 7) is 1.91. The molecule has 2 aromatic carbocycles. The van der Waals surface area contributed by atoms with Gasteiger partial charge in [0.05, 0.1) is 12.0 Å². The fraction of sp³-hybridized carbons (Fsp3) is 0.143. The van der Waals surface area contributed by atoms with Gasteiger partial charge in [0.25, 0.3) is 0 Å². The highest BCUT2D eigenvalue weighted by molar-refractivity contribution is 9.10. The van der Waals surface area contributed by atoms with Gasteiger partial charge in [0.2, 0.25) is 5.91 Å². The molecule has 0 aliphatic heterocycles. The van der Waals surface area contributed by atoms with Crippen molar-refractivity contribution in [1.82, 2.24) is 4.98 Å². The molecule has 0 spiro atoms. The monoisotopic (exact) mass is 448 g/mol. The molecule has 0 saturated carbocycles. The largest absolute Gasteiger partial charge is 0.416 e. The smallest absolute Gasteiger partial charge is 0.326 e. The van der Waals surface area contributed by atoms with E-state index >= 15 is 0 Å². The Morgan fingerprint density at radius 3 is 2.39 bits per heavy atom. The summed E-state index contributed by atoms with van der Waals surface area (Å²) in [7, 11) is 0. The van der Waals surface area contributed by atoms with E-state index in [4.69, 9.17) is 0 Å². The molecule has 1 aromatic heterocycles. The second-order valence-electron chi connectivity index (χ2n) is 6.33. The zero-order valence-corrected chi connectivity index (χ0v) is 16.4. The maximum Gasteiger partial charge on any atom is 0.416 e. The lowest BCUT2D eigenvalue weighted by Crippen LogP contribution is -2.15. The predicted molar refractivity (Wildman–Crippen MR) is 106 cm³/mol. The Bertz CT molecular complexity index is 1000. The lowest BCUT2D eigenvalue weighted by atomic mass is 10.1. The quantitative estimate of drug-likeness (QED) is 0.530. The number of nitrogens with zero attached hydrogens (tertiary/aromatic N) is 1. The van der Waals surface area contributed by atoms with Gasteiger partial charge in [-0.05, 0) is 66.1 Å². The molecule has 0 aliphatic rings. The number of hydrogen-bond acceptors (Lipinski definition) is 2. The molecule has 0 unspecified atom stereocenters. The van der Waals surface area contributed by atoms with E-state index in [1.54, 1.807) is 18.3 Å². The van der Waals surface area contributed by atoms with E-state index in [1.165, 1.54) is 6.07 Å². The topological polar surface area (TPSA) is 42.0 Å². The van der Waals surface area contributed by atoms with Crippen molar-refractivity contribution in [1.29, 1.82) is 0 Å². The van der Waals surface area contributed by atoms with Gasteiger partial charge in [-0.15, -0.1) is 0 Å². The Balaban J connectivity index is 1.69. The van der Waals surface area contributed by atoms with Crippen molar-refractivity contribution in [3.63, 3.8) is 0 Å². The predicted octanol–water partition coefficient (Wildman–Crippen LogP) is 6.02. The van der Waals surface area contributed by atoms with Gasteiger partial charge in [-0.1, -0.05) is 28.1 Å². The van der Waals surface area contributed by atoms with Crippen LogP contribution in [0, 0.1) is 6.92 Å². The van der Waals surface area contributed by atoms with E-state index in [0.29, 0.717) is 5.69 Å². The van der Waals surface area contributed by atoms with Crippen molar-refractivity contribution < 1.29 is 18.0 Å². The molecule has 144 valence electrons. The maximum absolute atomic E-state index is 12.9. The second kappa shape index (κ2) is 8.14. The van der Waals surface area contributed by atoms with Gasteiger partial charge < -0.3 is 5.32 Å². The molecule has 3 rings (SSSR count). The van der Waals surface area contributed by atoms with Crippen LogP contribution in [0.2, 0.25) is 0 Å². The number of anilines is 1. The number of rotatable bonds is 4. The molecule has 3 nitrogen and oxygen atoms in total. The van der Waals surface area contributed by atoms with Gasteiger partial charge in [0, 0.05) is 22.1 Å². The van der Waals surface area contributed by atoms with Gasteiger partial charge in [-0.2, -0.15) is 13.2 Å². The van der Waals surface area contributed by atoms with Gasteiger partial charge in [0.1, 0.15) is 0 Å². The summed E-state index contributed by atoms with van der Waals surface area (Å²) < 4.78 is 39.0. The first-order valence-corrected chi connectivity index (χ1v) is 9.19. The fourth-order valence-corrected chi connectivity index (χ4v) is 3.32. The number of benzene rings is 2. The van der Waals surface area contributed by atoms with Crippen molar-refractivity contribution >= 4 is 27.5 Å². The molecule has 1 heterocycles. The molecular formula is C21H16BrF3N2O. The third-order valence-electron chi connectivity index (χ3n) is 4.05. The summed E-state index contributed by atoms with van der Waals surface area (Å²) in [5, 5.41) is 2.71. The van der Waals surface area contributed by atoms with Crippen LogP contribution in [-0.2, 0) is 17.4 Å². The molecule has 0 atom stereocenters. The maximum atomic E-state index is 12.9. The van der Waals surface area contributed by atoms with E-state index in [0.717, 1.165) is 29.0 Å². The van der Waals surface area contributed by atoms with Gasteiger partial charge in [0.15, 0.2) is 0 Å². The first-order valence-electron chi connectivity index (χ1n) is 8.40. The van der Waals surface area contributed by atoms with Crippen molar-refractivity contribution in [3.8, 4) is 11.1 Å². The Morgan fingerprint density at radius 2 is 1.75 bits per heavy atom. The van der Waals surface area contributed by atoms with Crippen LogP contribution in [0.5, 0.6) is 0 Å². The third-order valence-corrected chi connectivity index (χ3v) is 4.51. The van der Waals surface area contributed by atoms with E-state index in [9.17, 15) is 18.0 Å². The number of carbonyl (C=O) groups is 1. The number of hydrogen-bond donors (Lipinski definition) is 1.